The lowest BCUT2D eigenvalue weighted by molar-refractivity contribution is -0.119. The SMILES string of the molecule is CC1CCc2nc(NC(=O)C(N)C3CCOCC3)sc2C1.Cl. The Labute approximate surface area is 141 Å². The lowest BCUT2D eigenvalue weighted by atomic mass is 9.92. The van der Waals surface area contributed by atoms with Crippen molar-refractivity contribution in [3.63, 3.8) is 0 Å². The number of ether oxygens (including phenoxy) is 1. The van der Waals surface area contributed by atoms with Crippen LogP contribution in [0.3, 0.4) is 0 Å². The van der Waals surface area contributed by atoms with Crippen LogP contribution in [0.15, 0.2) is 0 Å². The number of hydrogen-bond acceptors (Lipinski definition) is 5. The van der Waals surface area contributed by atoms with Crippen LogP contribution in [-0.2, 0) is 22.4 Å². The number of carbonyl (C=O) groups is 1. The Hall–Kier alpha value is -0.690. The molecule has 2 heterocycles. The molecule has 22 heavy (non-hydrogen) atoms. The average Bonchev–Trinajstić information content (AvgIpc) is 2.88. The zero-order valence-electron chi connectivity index (χ0n) is 12.8. The van der Waals surface area contributed by atoms with Crippen molar-refractivity contribution in [3.05, 3.63) is 10.6 Å². The Morgan fingerprint density at radius 2 is 2.14 bits per heavy atom. The van der Waals surface area contributed by atoms with Gasteiger partial charge in [0.05, 0.1) is 11.7 Å². The molecule has 1 aromatic rings. The molecule has 1 saturated heterocycles. The van der Waals surface area contributed by atoms with Gasteiger partial charge in [0.25, 0.3) is 0 Å². The predicted molar refractivity (Wildman–Crippen MR) is 90.7 cm³/mol. The molecule has 0 saturated carbocycles. The highest BCUT2D eigenvalue weighted by Crippen LogP contribution is 2.32. The summed E-state index contributed by atoms with van der Waals surface area (Å²) in [4.78, 5) is 18.2. The molecular weight excluding hydrogens is 322 g/mol. The Bertz CT molecular complexity index is 517. The molecule has 7 heteroatoms. The molecule has 0 bridgehead atoms. The average molecular weight is 346 g/mol. The number of hydrogen-bond donors (Lipinski definition) is 2. The topological polar surface area (TPSA) is 77.2 Å². The van der Waals surface area contributed by atoms with Crippen molar-refractivity contribution < 1.29 is 9.53 Å². The molecule has 1 aliphatic heterocycles. The third-order valence-electron chi connectivity index (χ3n) is 4.49. The zero-order chi connectivity index (χ0) is 14.8. The monoisotopic (exact) mass is 345 g/mol. The second kappa shape index (κ2) is 7.73. The summed E-state index contributed by atoms with van der Waals surface area (Å²) in [7, 11) is 0. The zero-order valence-corrected chi connectivity index (χ0v) is 14.5. The highest BCUT2D eigenvalue weighted by Gasteiger charge is 2.28. The minimum Gasteiger partial charge on any atom is -0.381 e. The molecule has 124 valence electrons. The molecule has 3 rings (SSSR count). The molecule has 1 amide bonds. The molecule has 2 atom stereocenters. The van der Waals surface area contributed by atoms with Crippen molar-refractivity contribution in [1.82, 2.24) is 4.98 Å². The molecule has 5 nitrogen and oxygen atoms in total. The number of halogens is 1. The van der Waals surface area contributed by atoms with Crippen LogP contribution in [0.4, 0.5) is 5.13 Å². The molecule has 0 radical (unpaired) electrons. The molecule has 3 N–H and O–H groups in total. The fraction of sp³-hybridized carbons (Fsp3) is 0.733. The largest absolute Gasteiger partial charge is 0.381 e. The number of nitrogens with two attached hydrogens (primary N) is 1. The lowest BCUT2D eigenvalue weighted by Gasteiger charge is -2.26. The number of fused-ring (bicyclic) bond motifs is 1. The van der Waals surface area contributed by atoms with Crippen LogP contribution in [0.2, 0.25) is 0 Å². The van der Waals surface area contributed by atoms with E-state index in [1.54, 1.807) is 11.3 Å². The third-order valence-corrected chi connectivity index (χ3v) is 5.53. The summed E-state index contributed by atoms with van der Waals surface area (Å²) in [6.07, 6.45) is 5.01. The summed E-state index contributed by atoms with van der Waals surface area (Å²) < 4.78 is 5.32. The Kier molecular flexibility index (Phi) is 6.20. The van der Waals surface area contributed by atoms with Gasteiger partial charge in [-0.1, -0.05) is 6.92 Å². The predicted octanol–water partition coefficient (Wildman–Crippen LogP) is 2.38. The first kappa shape index (κ1) is 17.7. The van der Waals surface area contributed by atoms with Crippen molar-refractivity contribution >= 4 is 34.8 Å². The molecule has 0 aromatic carbocycles. The third kappa shape index (κ3) is 3.98. The number of aromatic nitrogens is 1. The van der Waals surface area contributed by atoms with Gasteiger partial charge in [0, 0.05) is 18.1 Å². The van der Waals surface area contributed by atoms with Crippen LogP contribution in [0.1, 0.15) is 36.8 Å². The number of carbonyl (C=O) groups excluding carboxylic acids is 1. The van der Waals surface area contributed by atoms with Crippen LogP contribution in [0, 0.1) is 11.8 Å². The van der Waals surface area contributed by atoms with Crippen molar-refractivity contribution in [2.75, 3.05) is 18.5 Å². The molecule has 1 aromatic heterocycles. The highest BCUT2D eigenvalue weighted by molar-refractivity contribution is 7.15. The highest BCUT2D eigenvalue weighted by atomic mass is 35.5. The smallest absolute Gasteiger partial charge is 0.243 e. The quantitative estimate of drug-likeness (QED) is 0.881. The van der Waals surface area contributed by atoms with E-state index in [4.69, 9.17) is 10.5 Å². The Balaban J connectivity index is 0.00000176. The molecule has 1 fully saturated rings. The van der Waals surface area contributed by atoms with E-state index >= 15 is 0 Å². The van der Waals surface area contributed by atoms with E-state index in [0.29, 0.717) is 24.3 Å². The molecular formula is C15H24ClN3O2S. The fourth-order valence-corrected chi connectivity index (χ4v) is 4.25. The number of aryl methyl sites for hydroxylation is 1. The fourth-order valence-electron chi connectivity index (χ4n) is 3.07. The van der Waals surface area contributed by atoms with Gasteiger partial charge in [-0.2, -0.15) is 0 Å². The van der Waals surface area contributed by atoms with E-state index in [9.17, 15) is 4.79 Å². The van der Waals surface area contributed by atoms with Gasteiger partial charge in [0.1, 0.15) is 0 Å². The van der Waals surface area contributed by atoms with Gasteiger partial charge in [-0.25, -0.2) is 4.98 Å². The Morgan fingerprint density at radius 1 is 1.41 bits per heavy atom. The minimum absolute atomic E-state index is 0. The first-order valence-corrected chi connectivity index (χ1v) is 8.58. The van der Waals surface area contributed by atoms with Gasteiger partial charge >= 0.3 is 0 Å². The van der Waals surface area contributed by atoms with Crippen LogP contribution in [0.25, 0.3) is 0 Å². The maximum Gasteiger partial charge on any atom is 0.243 e. The summed E-state index contributed by atoms with van der Waals surface area (Å²) in [5, 5.41) is 3.62. The summed E-state index contributed by atoms with van der Waals surface area (Å²) in [5.74, 6) is 0.820. The summed E-state index contributed by atoms with van der Waals surface area (Å²) in [6, 6.07) is -0.464. The number of amides is 1. The van der Waals surface area contributed by atoms with Crippen LogP contribution >= 0.6 is 23.7 Å². The first-order valence-electron chi connectivity index (χ1n) is 7.76. The van der Waals surface area contributed by atoms with Crippen LogP contribution in [0.5, 0.6) is 0 Å². The van der Waals surface area contributed by atoms with Crippen molar-refractivity contribution in [1.29, 1.82) is 0 Å². The number of rotatable bonds is 3. The van der Waals surface area contributed by atoms with Gasteiger partial charge in [-0.05, 0) is 43.9 Å². The van der Waals surface area contributed by atoms with Crippen molar-refractivity contribution in [2.24, 2.45) is 17.6 Å². The molecule has 2 unspecified atom stereocenters. The van der Waals surface area contributed by atoms with E-state index in [2.05, 4.69) is 17.2 Å². The van der Waals surface area contributed by atoms with Crippen molar-refractivity contribution in [2.45, 2.75) is 45.1 Å². The van der Waals surface area contributed by atoms with Crippen molar-refractivity contribution in [3.8, 4) is 0 Å². The molecule has 2 aliphatic rings. The number of nitrogens with zero attached hydrogens (tertiary/aromatic N) is 1. The van der Waals surface area contributed by atoms with Gasteiger partial charge < -0.3 is 15.8 Å². The molecule has 1 aliphatic carbocycles. The summed E-state index contributed by atoms with van der Waals surface area (Å²) in [5.41, 5.74) is 7.25. The van der Waals surface area contributed by atoms with Gasteiger partial charge in [-0.3, -0.25) is 4.79 Å². The number of thiazole rings is 1. The van der Waals surface area contributed by atoms with Gasteiger partial charge in [0.15, 0.2) is 5.13 Å². The maximum absolute atomic E-state index is 12.3. The van der Waals surface area contributed by atoms with E-state index < -0.39 is 6.04 Å². The van der Waals surface area contributed by atoms with Crippen LogP contribution < -0.4 is 11.1 Å². The standard InChI is InChI=1S/C15H23N3O2S.ClH/c1-9-2-3-11-12(8-9)21-15(17-11)18-14(19)13(16)10-4-6-20-7-5-10;/h9-10,13H,2-8,16H2,1H3,(H,17,18,19);1H. The normalized spacial score (nSPS) is 23.3. The second-order valence-corrected chi connectivity index (χ2v) is 7.29. The number of anilines is 1. The first-order chi connectivity index (χ1) is 10.1. The molecule has 0 spiro atoms. The minimum atomic E-state index is -0.464. The maximum atomic E-state index is 12.3. The summed E-state index contributed by atoms with van der Waals surface area (Å²) >= 11 is 1.61. The van der Waals surface area contributed by atoms with Gasteiger partial charge in [0.2, 0.25) is 5.91 Å². The van der Waals surface area contributed by atoms with E-state index in [-0.39, 0.29) is 24.2 Å². The second-order valence-electron chi connectivity index (χ2n) is 6.20. The van der Waals surface area contributed by atoms with Crippen LogP contribution in [-0.4, -0.2) is 30.1 Å². The Morgan fingerprint density at radius 3 is 2.86 bits per heavy atom. The van der Waals surface area contributed by atoms with E-state index in [1.807, 2.05) is 0 Å². The number of nitrogens with one attached hydrogen (secondary N) is 1. The van der Waals surface area contributed by atoms with Gasteiger partial charge in [-0.15, -0.1) is 23.7 Å². The summed E-state index contributed by atoms with van der Waals surface area (Å²) in [6.45, 7) is 3.67. The lowest BCUT2D eigenvalue weighted by Crippen LogP contribution is -2.43. The van der Waals surface area contributed by atoms with E-state index in [0.717, 1.165) is 31.4 Å². The van der Waals surface area contributed by atoms with E-state index in [1.165, 1.54) is 11.3 Å².